The van der Waals surface area contributed by atoms with Gasteiger partial charge >= 0.3 is 0 Å². The van der Waals surface area contributed by atoms with Crippen LogP contribution in [-0.2, 0) is 4.74 Å². The monoisotopic (exact) mass is 174 g/mol. The second-order valence-electron chi connectivity index (χ2n) is 3.53. The summed E-state index contributed by atoms with van der Waals surface area (Å²) in [6.07, 6.45) is 8.35. The van der Waals surface area contributed by atoms with E-state index < -0.39 is 0 Å². The molecule has 1 rings (SSSR count). The molecule has 1 heterocycles. The van der Waals surface area contributed by atoms with Crippen LogP contribution in [0.15, 0.2) is 0 Å². The Labute approximate surface area is 74.3 Å². The molecule has 72 valence electrons. The summed E-state index contributed by atoms with van der Waals surface area (Å²) in [7, 11) is 0. The molecule has 0 aromatic heterocycles. The Morgan fingerprint density at radius 1 is 1.17 bits per heavy atom. The maximum atomic E-state index is 11.7. The highest BCUT2D eigenvalue weighted by molar-refractivity contribution is 4.64. The molecular weight excluding hydrogens is 155 g/mol. The molecule has 0 aromatic carbocycles. The first kappa shape index (κ1) is 9.97. The van der Waals surface area contributed by atoms with E-state index in [9.17, 15) is 4.39 Å². The molecule has 1 aliphatic heterocycles. The maximum Gasteiger partial charge on any atom is 0.0894 e. The summed E-state index contributed by atoms with van der Waals surface area (Å²) in [5.74, 6) is 0. The first-order valence-corrected chi connectivity index (χ1v) is 5.11. The lowest BCUT2D eigenvalue weighted by Gasteiger charge is -2.07. The fourth-order valence-electron chi connectivity index (χ4n) is 1.69. The predicted octanol–water partition coefficient (Wildman–Crippen LogP) is 3.09. The van der Waals surface area contributed by atoms with Crippen LogP contribution < -0.4 is 0 Å². The highest BCUT2D eigenvalue weighted by atomic mass is 19.1. The van der Waals surface area contributed by atoms with Crippen LogP contribution in [0.4, 0.5) is 4.39 Å². The van der Waals surface area contributed by atoms with Crippen LogP contribution in [0.2, 0.25) is 0 Å². The smallest absolute Gasteiger partial charge is 0.0894 e. The maximum absolute atomic E-state index is 11.7. The van der Waals surface area contributed by atoms with Gasteiger partial charge in [-0.1, -0.05) is 19.3 Å². The molecule has 0 saturated carbocycles. The second kappa shape index (κ2) is 6.41. The van der Waals surface area contributed by atoms with E-state index in [0.717, 1.165) is 19.4 Å². The first-order chi connectivity index (χ1) is 5.93. The third-order valence-corrected chi connectivity index (χ3v) is 2.43. The lowest BCUT2D eigenvalue weighted by molar-refractivity contribution is 0.102. The van der Waals surface area contributed by atoms with Gasteiger partial charge in [0.05, 0.1) is 12.8 Å². The number of halogens is 1. The first-order valence-electron chi connectivity index (χ1n) is 5.11. The number of rotatable bonds is 6. The van der Waals surface area contributed by atoms with E-state index in [1.807, 2.05) is 0 Å². The normalized spacial score (nSPS) is 23.2. The minimum atomic E-state index is -0.153. The Bertz CT molecular complexity index is 100. The Kier molecular flexibility index (Phi) is 5.33. The second-order valence-corrected chi connectivity index (χ2v) is 3.53. The quantitative estimate of drug-likeness (QED) is 0.562. The summed E-state index contributed by atoms with van der Waals surface area (Å²) < 4.78 is 17.2. The van der Waals surface area contributed by atoms with Gasteiger partial charge in [0, 0.05) is 6.61 Å². The zero-order valence-corrected chi connectivity index (χ0v) is 7.73. The Morgan fingerprint density at radius 3 is 2.67 bits per heavy atom. The summed E-state index contributed by atoms with van der Waals surface area (Å²) >= 11 is 0. The molecule has 0 radical (unpaired) electrons. The van der Waals surface area contributed by atoms with E-state index in [-0.39, 0.29) is 6.67 Å². The standard InChI is InChI=1S/C10H19FO/c11-8-4-2-1-3-6-10-7-5-9-12-10/h10H,1-9H2. The van der Waals surface area contributed by atoms with Crippen molar-refractivity contribution in [3.63, 3.8) is 0 Å². The van der Waals surface area contributed by atoms with Crippen LogP contribution in [0.5, 0.6) is 0 Å². The molecular formula is C10H19FO. The predicted molar refractivity (Wildman–Crippen MR) is 48.0 cm³/mol. The van der Waals surface area contributed by atoms with Gasteiger partial charge < -0.3 is 4.74 Å². The van der Waals surface area contributed by atoms with Crippen molar-refractivity contribution in [3.8, 4) is 0 Å². The molecule has 1 atom stereocenters. The van der Waals surface area contributed by atoms with Crippen LogP contribution in [0.3, 0.4) is 0 Å². The minimum Gasteiger partial charge on any atom is -0.378 e. The number of unbranched alkanes of at least 4 members (excludes halogenated alkanes) is 3. The summed E-state index contributed by atoms with van der Waals surface area (Å²) in [5, 5.41) is 0. The fourth-order valence-corrected chi connectivity index (χ4v) is 1.69. The van der Waals surface area contributed by atoms with Gasteiger partial charge in [0.1, 0.15) is 0 Å². The van der Waals surface area contributed by atoms with Crippen molar-refractivity contribution in [2.45, 2.75) is 51.0 Å². The topological polar surface area (TPSA) is 9.23 Å². The number of hydrogen-bond acceptors (Lipinski definition) is 1. The molecule has 12 heavy (non-hydrogen) atoms. The molecule has 0 amide bonds. The van der Waals surface area contributed by atoms with Crippen molar-refractivity contribution in [2.24, 2.45) is 0 Å². The van der Waals surface area contributed by atoms with Crippen molar-refractivity contribution in [3.05, 3.63) is 0 Å². The summed E-state index contributed by atoms with van der Waals surface area (Å²) in [5.41, 5.74) is 0. The van der Waals surface area contributed by atoms with E-state index in [0.29, 0.717) is 6.10 Å². The molecule has 0 spiro atoms. The molecule has 0 N–H and O–H groups in total. The average molecular weight is 174 g/mol. The Morgan fingerprint density at radius 2 is 2.00 bits per heavy atom. The highest BCUT2D eigenvalue weighted by Crippen LogP contribution is 2.18. The minimum absolute atomic E-state index is 0.153. The zero-order chi connectivity index (χ0) is 8.65. The van der Waals surface area contributed by atoms with Gasteiger partial charge in [-0.2, -0.15) is 0 Å². The molecule has 0 bridgehead atoms. The molecule has 1 unspecified atom stereocenters. The van der Waals surface area contributed by atoms with Crippen molar-refractivity contribution >= 4 is 0 Å². The van der Waals surface area contributed by atoms with Gasteiger partial charge in [-0.15, -0.1) is 0 Å². The van der Waals surface area contributed by atoms with E-state index in [2.05, 4.69) is 0 Å². The van der Waals surface area contributed by atoms with Crippen LogP contribution in [0, 0.1) is 0 Å². The van der Waals surface area contributed by atoms with Crippen molar-refractivity contribution in [2.75, 3.05) is 13.3 Å². The third kappa shape index (κ3) is 4.05. The van der Waals surface area contributed by atoms with Crippen molar-refractivity contribution in [1.29, 1.82) is 0 Å². The van der Waals surface area contributed by atoms with Gasteiger partial charge in [0.15, 0.2) is 0 Å². The highest BCUT2D eigenvalue weighted by Gasteiger charge is 2.13. The Hall–Kier alpha value is -0.110. The van der Waals surface area contributed by atoms with E-state index in [1.165, 1.54) is 32.1 Å². The van der Waals surface area contributed by atoms with Crippen LogP contribution in [0.25, 0.3) is 0 Å². The van der Waals surface area contributed by atoms with E-state index in [1.54, 1.807) is 0 Å². The molecule has 0 aromatic rings. The van der Waals surface area contributed by atoms with Gasteiger partial charge in [-0.05, 0) is 25.7 Å². The summed E-state index contributed by atoms with van der Waals surface area (Å²) in [6.45, 7) is 0.801. The van der Waals surface area contributed by atoms with Crippen LogP contribution >= 0.6 is 0 Å². The van der Waals surface area contributed by atoms with Crippen molar-refractivity contribution in [1.82, 2.24) is 0 Å². The molecule has 0 aliphatic carbocycles. The number of alkyl halides is 1. The summed E-state index contributed by atoms with van der Waals surface area (Å²) in [4.78, 5) is 0. The molecule has 1 fully saturated rings. The fraction of sp³-hybridized carbons (Fsp3) is 1.00. The van der Waals surface area contributed by atoms with Gasteiger partial charge in [0.2, 0.25) is 0 Å². The lowest BCUT2D eigenvalue weighted by Crippen LogP contribution is -2.03. The number of ether oxygens (including phenoxy) is 1. The molecule has 1 nitrogen and oxygen atoms in total. The molecule has 2 heteroatoms. The SMILES string of the molecule is FCCCCCCC1CCCO1. The average Bonchev–Trinajstić information content (AvgIpc) is 2.57. The van der Waals surface area contributed by atoms with Crippen LogP contribution in [-0.4, -0.2) is 19.4 Å². The molecule has 1 aliphatic rings. The van der Waals surface area contributed by atoms with E-state index in [4.69, 9.17) is 4.74 Å². The van der Waals surface area contributed by atoms with Gasteiger partial charge in [0.25, 0.3) is 0 Å². The Balaban J connectivity index is 1.81. The summed E-state index contributed by atoms with van der Waals surface area (Å²) in [6, 6.07) is 0. The largest absolute Gasteiger partial charge is 0.378 e. The number of hydrogen-bond donors (Lipinski definition) is 0. The lowest BCUT2D eigenvalue weighted by atomic mass is 10.1. The molecule has 1 saturated heterocycles. The van der Waals surface area contributed by atoms with Gasteiger partial charge in [-0.3, -0.25) is 4.39 Å². The van der Waals surface area contributed by atoms with E-state index >= 15 is 0 Å². The van der Waals surface area contributed by atoms with Crippen molar-refractivity contribution < 1.29 is 9.13 Å². The third-order valence-electron chi connectivity index (χ3n) is 2.43. The van der Waals surface area contributed by atoms with Crippen LogP contribution in [0.1, 0.15) is 44.9 Å². The van der Waals surface area contributed by atoms with Gasteiger partial charge in [-0.25, -0.2) is 0 Å². The zero-order valence-electron chi connectivity index (χ0n) is 7.73.